The van der Waals surface area contributed by atoms with Crippen molar-refractivity contribution in [1.82, 2.24) is 0 Å². The first-order chi connectivity index (χ1) is 13.5. The predicted octanol–water partition coefficient (Wildman–Crippen LogP) is 4.30. The second kappa shape index (κ2) is 11.3. The quantitative estimate of drug-likeness (QED) is 0.352. The Morgan fingerprint density at radius 1 is 1.11 bits per heavy atom. The molecule has 148 valence electrons. The molecule has 2 rings (SSSR count). The van der Waals surface area contributed by atoms with Gasteiger partial charge in [0.2, 0.25) is 5.91 Å². The molecule has 1 amide bonds. The minimum atomic E-state index is -0.428. The molecule has 2 aromatic rings. The van der Waals surface area contributed by atoms with Gasteiger partial charge in [0.1, 0.15) is 12.4 Å². The Morgan fingerprint density at radius 3 is 2.50 bits per heavy atom. The third-order valence-corrected chi connectivity index (χ3v) is 4.28. The standard InChI is InChI=1S/C21H22BrNO5/c1-3-27-12-13-28-21(25)16-6-8-17(9-7-16)23-20(24)11-5-15-4-10-19(26-2)18(22)14-15/h4-11,14H,3,12-13H2,1-2H3,(H,23,24). The van der Waals surface area contributed by atoms with Crippen LogP contribution in [0.25, 0.3) is 6.08 Å². The summed E-state index contributed by atoms with van der Waals surface area (Å²) in [5.74, 6) is 0.0136. The zero-order valence-corrected chi connectivity index (χ0v) is 17.3. The first-order valence-electron chi connectivity index (χ1n) is 8.71. The molecule has 0 spiro atoms. The summed E-state index contributed by atoms with van der Waals surface area (Å²) in [4.78, 5) is 24.0. The molecule has 0 saturated carbocycles. The lowest BCUT2D eigenvalue weighted by Crippen LogP contribution is -2.11. The number of halogens is 1. The van der Waals surface area contributed by atoms with E-state index in [2.05, 4.69) is 21.2 Å². The van der Waals surface area contributed by atoms with Crippen molar-refractivity contribution in [2.24, 2.45) is 0 Å². The van der Waals surface area contributed by atoms with E-state index in [4.69, 9.17) is 14.2 Å². The van der Waals surface area contributed by atoms with Crippen molar-refractivity contribution in [2.75, 3.05) is 32.2 Å². The number of hydrogen-bond acceptors (Lipinski definition) is 5. The minimum Gasteiger partial charge on any atom is -0.496 e. The van der Waals surface area contributed by atoms with Gasteiger partial charge in [0.15, 0.2) is 0 Å². The summed E-state index contributed by atoms with van der Waals surface area (Å²) in [6.07, 6.45) is 3.13. The average molecular weight is 448 g/mol. The number of amides is 1. The normalized spacial score (nSPS) is 10.7. The fourth-order valence-electron chi connectivity index (χ4n) is 2.25. The van der Waals surface area contributed by atoms with Crippen LogP contribution in [0, 0.1) is 0 Å². The summed E-state index contributed by atoms with van der Waals surface area (Å²) in [7, 11) is 1.59. The second-order valence-electron chi connectivity index (χ2n) is 5.63. The van der Waals surface area contributed by atoms with Crippen LogP contribution in [0.3, 0.4) is 0 Å². The lowest BCUT2D eigenvalue weighted by atomic mass is 10.2. The summed E-state index contributed by atoms with van der Waals surface area (Å²) in [5, 5.41) is 2.74. The Kier molecular flexibility index (Phi) is 8.71. The van der Waals surface area contributed by atoms with Crippen molar-refractivity contribution in [3.63, 3.8) is 0 Å². The van der Waals surface area contributed by atoms with Gasteiger partial charge in [-0.15, -0.1) is 0 Å². The van der Waals surface area contributed by atoms with Crippen LogP contribution in [0.4, 0.5) is 5.69 Å². The van der Waals surface area contributed by atoms with Gasteiger partial charge < -0.3 is 19.5 Å². The van der Waals surface area contributed by atoms with Gasteiger partial charge in [-0.2, -0.15) is 0 Å². The van der Waals surface area contributed by atoms with E-state index >= 15 is 0 Å². The molecule has 0 saturated heterocycles. The Hall–Kier alpha value is -2.64. The lowest BCUT2D eigenvalue weighted by Gasteiger charge is -2.06. The fourth-order valence-corrected chi connectivity index (χ4v) is 2.81. The van der Waals surface area contributed by atoms with Gasteiger partial charge in [0, 0.05) is 18.4 Å². The van der Waals surface area contributed by atoms with Crippen LogP contribution in [-0.4, -0.2) is 38.8 Å². The molecule has 0 unspecified atom stereocenters. The number of rotatable bonds is 9. The van der Waals surface area contributed by atoms with E-state index in [0.717, 1.165) is 15.8 Å². The van der Waals surface area contributed by atoms with Crippen molar-refractivity contribution in [2.45, 2.75) is 6.92 Å². The van der Waals surface area contributed by atoms with Gasteiger partial charge in [0.05, 0.1) is 23.8 Å². The second-order valence-corrected chi connectivity index (χ2v) is 6.48. The molecular formula is C21H22BrNO5. The molecule has 0 aliphatic heterocycles. The molecule has 0 aliphatic rings. The summed E-state index contributed by atoms with van der Waals surface area (Å²) in [6.45, 7) is 3.03. The third-order valence-electron chi connectivity index (χ3n) is 3.66. The molecule has 2 aromatic carbocycles. The summed E-state index contributed by atoms with van der Waals surface area (Å²) < 4.78 is 16.2. The number of nitrogens with one attached hydrogen (secondary N) is 1. The molecule has 0 heterocycles. The van der Waals surface area contributed by atoms with Gasteiger partial charge >= 0.3 is 5.97 Å². The van der Waals surface area contributed by atoms with Gasteiger partial charge in [-0.1, -0.05) is 6.07 Å². The molecule has 1 N–H and O–H groups in total. The SMILES string of the molecule is CCOCCOC(=O)c1ccc(NC(=O)C=Cc2ccc(OC)c(Br)c2)cc1. The zero-order valence-electron chi connectivity index (χ0n) is 15.7. The van der Waals surface area contributed by atoms with Crippen molar-refractivity contribution >= 4 is 39.6 Å². The topological polar surface area (TPSA) is 73.9 Å². The van der Waals surface area contributed by atoms with E-state index in [1.807, 2.05) is 25.1 Å². The maximum atomic E-state index is 12.1. The fraction of sp³-hybridized carbons (Fsp3) is 0.238. The largest absolute Gasteiger partial charge is 0.496 e. The molecule has 28 heavy (non-hydrogen) atoms. The van der Waals surface area contributed by atoms with Crippen molar-refractivity contribution in [3.8, 4) is 5.75 Å². The van der Waals surface area contributed by atoms with Crippen LogP contribution in [0.2, 0.25) is 0 Å². The van der Waals surface area contributed by atoms with Crippen LogP contribution in [0.15, 0.2) is 53.0 Å². The number of hydrogen-bond donors (Lipinski definition) is 1. The van der Waals surface area contributed by atoms with Crippen LogP contribution in [0.1, 0.15) is 22.8 Å². The molecule has 0 radical (unpaired) electrons. The molecule has 0 atom stereocenters. The molecule has 0 aromatic heterocycles. The summed E-state index contributed by atoms with van der Waals surface area (Å²) in [5.41, 5.74) is 1.84. The third kappa shape index (κ3) is 6.83. The Bertz CT molecular complexity index is 833. The zero-order chi connectivity index (χ0) is 20.4. The first kappa shape index (κ1) is 21.7. The van der Waals surface area contributed by atoms with E-state index in [1.165, 1.54) is 6.08 Å². The number of benzene rings is 2. The first-order valence-corrected chi connectivity index (χ1v) is 9.50. The Labute approximate surface area is 172 Å². The van der Waals surface area contributed by atoms with Crippen molar-refractivity contribution in [1.29, 1.82) is 0 Å². The van der Waals surface area contributed by atoms with Crippen LogP contribution < -0.4 is 10.1 Å². The van der Waals surface area contributed by atoms with E-state index < -0.39 is 5.97 Å². The van der Waals surface area contributed by atoms with Gasteiger partial charge in [-0.3, -0.25) is 4.79 Å². The van der Waals surface area contributed by atoms with Crippen LogP contribution >= 0.6 is 15.9 Å². The smallest absolute Gasteiger partial charge is 0.338 e. The van der Waals surface area contributed by atoms with Crippen molar-refractivity contribution in [3.05, 3.63) is 64.1 Å². The molecule has 6 nitrogen and oxygen atoms in total. The van der Waals surface area contributed by atoms with E-state index in [9.17, 15) is 9.59 Å². The Balaban J connectivity index is 1.88. The summed E-state index contributed by atoms with van der Waals surface area (Å²) >= 11 is 3.41. The van der Waals surface area contributed by atoms with E-state index in [0.29, 0.717) is 24.5 Å². The Morgan fingerprint density at radius 2 is 1.86 bits per heavy atom. The minimum absolute atomic E-state index is 0.206. The molecule has 0 aliphatic carbocycles. The summed E-state index contributed by atoms with van der Waals surface area (Å²) in [6, 6.07) is 12.0. The molecule has 7 heteroatoms. The number of methoxy groups -OCH3 is 1. The van der Waals surface area contributed by atoms with Gasteiger partial charge in [-0.25, -0.2) is 4.79 Å². The number of carbonyl (C=O) groups excluding carboxylic acids is 2. The number of esters is 1. The highest BCUT2D eigenvalue weighted by molar-refractivity contribution is 9.10. The lowest BCUT2D eigenvalue weighted by molar-refractivity contribution is -0.111. The highest BCUT2D eigenvalue weighted by atomic mass is 79.9. The van der Waals surface area contributed by atoms with Gasteiger partial charge in [-0.05, 0) is 70.9 Å². The highest BCUT2D eigenvalue weighted by Crippen LogP contribution is 2.26. The van der Waals surface area contributed by atoms with E-state index in [-0.39, 0.29) is 12.5 Å². The molecular weight excluding hydrogens is 426 g/mol. The predicted molar refractivity (Wildman–Crippen MR) is 112 cm³/mol. The maximum absolute atomic E-state index is 12.1. The maximum Gasteiger partial charge on any atom is 0.338 e. The van der Waals surface area contributed by atoms with E-state index in [1.54, 1.807) is 37.5 Å². The highest BCUT2D eigenvalue weighted by Gasteiger charge is 2.07. The molecule has 0 fully saturated rings. The average Bonchev–Trinajstić information content (AvgIpc) is 2.70. The van der Waals surface area contributed by atoms with Crippen LogP contribution in [-0.2, 0) is 14.3 Å². The monoisotopic (exact) mass is 447 g/mol. The van der Waals surface area contributed by atoms with Crippen molar-refractivity contribution < 1.29 is 23.8 Å². The number of anilines is 1. The van der Waals surface area contributed by atoms with Crippen LogP contribution in [0.5, 0.6) is 5.75 Å². The number of carbonyl (C=O) groups is 2. The number of ether oxygens (including phenoxy) is 3. The molecule has 0 bridgehead atoms. The van der Waals surface area contributed by atoms with Gasteiger partial charge in [0.25, 0.3) is 0 Å².